The number of aliphatic hydroxyl groups excluding tert-OH is 1. The molecule has 1 unspecified atom stereocenters. The summed E-state index contributed by atoms with van der Waals surface area (Å²) >= 11 is 0. The molecule has 0 aromatic heterocycles. The average Bonchev–Trinajstić information content (AvgIpc) is 2.48. The van der Waals surface area contributed by atoms with Crippen molar-refractivity contribution >= 4 is 11.6 Å². The molecule has 0 heterocycles. The molecular weight excluding hydrogens is 266 g/mol. The van der Waals surface area contributed by atoms with Gasteiger partial charge in [0.2, 0.25) is 5.91 Å². The molecule has 21 heavy (non-hydrogen) atoms. The standard InChI is InChI=1S/C17H19NO3/c1-13(19)15-9-5-6-10-16(15)18-17(20)12-21-11-14-7-3-2-4-8-14/h2-10,13,19H,11-12H2,1H3,(H,18,20). The monoisotopic (exact) mass is 285 g/mol. The molecule has 0 aliphatic carbocycles. The lowest BCUT2D eigenvalue weighted by atomic mass is 10.1. The van der Waals surface area contributed by atoms with Crippen molar-refractivity contribution in [3.63, 3.8) is 0 Å². The van der Waals surface area contributed by atoms with Gasteiger partial charge in [0.05, 0.1) is 12.7 Å². The van der Waals surface area contributed by atoms with E-state index in [0.717, 1.165) is 5.56 Å². The van der Waals surface area contributed by atoms with Crippen molar-refractivity contribution in [2.24, 2.45) is 0 Å². The Morgan fingerprint density at radius 2 is 1.81 bits per heavy atom. The normalized spacial score (nSPS) is 11.9. The Morgan fingerprint density at radius 3 is 2.52 bits per heavy atom. The van der Waals surface area contributed by atoms with Gasteiger partial charge in [-0.25, -0.2) is 0 Å². The third-order valence-electron chi connectivity index (χ3n) is 3.03. The topological polar surface area (TPSA) is 58.6 Å². The second-order valence-electron chi connectivity index (χ2n) is 4.79. The minimum absolute atomic E-state index is 0.0248. The number of carbonyl (C=O) groups excluding carboxylic acids is 1. The fourth-order valence-corrected chi connectivity index (χ4v) is 2.00. The van der Waals surface area contributed by atoms with Gasteiger partial charge in [0.25, 0.3) is 0 Å². The van der Waals surface area contributed by atoms with Crippen LogP contribution >= 0.6 is 0 Å². The second kappa shape index (κ2) is 7.57. The van der Waals surface area contributed by atoms with E-state index in [9.17, 15) is 9.90 Å². The van der Waals surface area contributed by atoms with Crippen molar-refractivity contribution in [3.05, 3.63) is 65.7 Å². The lowest BCUT2D eigenvalue weighted by Crippen LogP contribution is -2.19. The van der Waals surface area contributed by atoms with Crippen molar-refractivity contribution in [1.82, 2.24) is 0 Å². The zero-order valence-electron chi connectivity index (χ0n) is 12.0. The summed E-state index contributed by atoms with van der Waals surface area (Å²) in [4.78, 5) is 11.9. The number of benzene rings is 2. The maximum absolute atomic E-state index is 11.9. The van der Waals surface area contributed by atoms with Crippen molar-refractivity contribution in [3.8, 4) is 0 Å². The van der Waals surface area contributed by atoms with E-state index in [1.807, 2.05) is 42.5 Å². The van der Waals surface area contributed by atoms with E-state index in [2.05, 4.69) is 5.32 Å². The Bertz CT molecular complexity index is 582. The van der Waals surface area contributed by atoms with Crippen LogP contribution in [0.3, 0.4) is 0 Å². The van der Waals surface area contributed by atoms with Crippen LogP contribution in [0.1, 0.15) is 24.2 Å². The van der Waals surface area contributed by atoms with E-state index >= 15 is 0 Å². The van der Waals surface area contributed by atoms with Crippen LogP contribution in [0.4, 0.5) is 5.69 Å². The van der Waals surface area contributed by atoms with Crippen molar-refractivity contribution in [1.29, 1.82) is 0 Å². The zero-order valence-corrected chi connectivity index (χ0v) is 12.0. The summed E-state index contributed by atoms with van der Waals surface area (Å²) in [5, 5.41) is 12.4. The first kappa shape index (κ1) is 15.2. The zero-order chi connectivity index (χ0) is 15.1. The number of carbonyl (C=O) groups is 1. The molecule has 2 aromatic rings. The van der Waals surface area contributed by atoms with Crippen molar-refractivity contribution in [2.45, 2.75) is 19.6 Å². The molecule has 0 bridgehead atoms. The van der Waals surface area contributed by atoms with E-state index in [0.29, 0.717) is 17.9 Å². The van der Waals surface area contributed by atoms with Crippen LogP contribution in [0, 0.1) is 0 Å². The highest BCUT2D eigenvalue weighted by Crippen LogP contribution is 2.21. The quantitative estimate of drug-likeness (QED) is 0.858. The van der Waals surface area contributed by atoms with Gasteiger partial charge in [-0.15, -0.1) is 0 Å². The van der Waals surface area contributed by atoms with Gasteiger partial charge in [0, 0.05) is 11.3 Å². The van der Waals surface area contributed by atoms with Gasteiger partial charge in [0.1, 0.15) is 6.61 Å². The molecule has 0 radical (unpaired) electrons. The Hall–Kier alpha value is -2.17. The van der Waals surface area contributed by atoms with E-state index < -0.39 is 6.10 Å². The number of rotatable bonds is 6. The lowest BCUT2D eigenvalue weighted by molar-refractivity contribution is -0.121. The lowest BCUT2D eigenvalue weighted by Gasteiger charge is -2.13. The van der Waals surface area contributed by atoms with Gasteiger partial charge >= 0.3 is 0 Å². The molecule has 0 spiro atoms. The average molecular weight is 285 g/mol. The van der Waals surface area contributed by atoms with Gasteiger partial charge in [-0.2, -0.15) is 0 Å². The third-order valence-corrected chi connectivity index (χ3v) is 3.03. The Kier molecular flexibility index (Phi) is 5.49. The van der Waals surface area contributed by atoms with E-state index in [4.69, 9.17) is 4.74 Å². The van der Waals surface area contributed by atoms with Crippen LogP contribution in [0.15, 0.2) is 54.6 Å². The highest BCUT2D eigenvalue weighted by molar-refractivity contribution is 5.92. The van der Waals surface area contributed by atoms with Gasteiger partial charge in [-0.1, -0.05) is 48.5 Å². The smallest absolute Gasteiger partial charge is 0.250 e. The predicted octanol–water partition coefficient (Wildman–Crippen LogP) is 2.90. The van der Waals surface area contributed by atoms with E-state index in [-0.39, 0.29) is 12.5 Å². The second-order valence-corrected chi connectivity index (χ2v) is 4.79. The van der Waals surface area contributed by atoms with Crippen LogP contribution < -0.4 is 5.32 Å². The van der Waals surface area contributed by atoms with E-state index in [1.165, 1.54) is 0 Å². The molecule has 2 rings (SSSR count). The maximum atomic E-state index is 11.9. The Balaban J connectivity index is 1.85. The Labute approximate surface area is 124 Å². The summed E-state index contributed by atoms with van der Waals surface area (Å²) in [5.41, 5.74) is 2.32. The number of hydrogen-bond acceptors (Lipinski definition) is 3. The number of anilines is 1. The number of hydrogen-bond donors (Lipinski definition) is 2. The molecule has 110 valence electrons. The van der Waals surface area contributed by atoms with Crippen molar-refractivity contribution < 1.29 is 14.6 Å². The molecule has 2 aromatic carbocycles. The highest BCUT2D eigenvalue weighted by Gasteiger charge is 2.10. The molecule has 0 aliphatic rings. The van der Waals surface area contributed by atoms with Gasteiger partial charge in [0.15, 0.2) is 0 Å². The first-order valence-electron chi connectivity index (χ1n) is 6.85. The van der Waals surface area contributed by atoms with Crippen molar-refractivity contribution in [2.75, 3.05) is 11.9 Å². The number of aliphatic hydroxyl groups is 1. The first-order valence-corrected chi connectivity index (χ1v) is 6.85. The minimum atomic E-state index is -0.633. The largest absolute Gasteiger partial charge is 0.389 e. The van der Waals surface area contributed by atoms with Gasteiger partial charge in [-0.3, -0.25) is 4.79 Å². The van der Waals surface area contributed by atoms with Crippen LogP contribution in [0.25, 0.3) is 0 Å². The molecule has 0 saturated heterocycles. The molecular formula is C17H19NO3. The molecule has 1 atom stereocenters. The Morgan fingerprint density at radius 1 is 1.14 bits per heavy atom. The summed E-state index contributed by atoms with van der Waals surface area (Å²) in [6, 6.07) is 16.9. The summed E-state index contributed by atoms with van der Waals surface area (Å²) < 4.78 is 5.38. The maximum Gasteiger partial charge on any atom is 0.250 e. The first-order chi connectivity index (χ1) is 10.2. The number of amides is 1. The molecule has 4 heteroatoms. The van der Waals surface area contributed by atoms with Crippen LogP contribution in [0.5, 0.6) is 0 Å². The molecule has 0 saturated carbocycles. The predicted molar refractivity (Wildman–Crippen MR) is 81.8 cm³/mol. The summed E-state index contributed by atoms with van der Waals surface area (Å²) in [7, 11) is 0. The SMILES string of the molecule is CC(O)c1ccccc1NC(=O)COCc1ccccc1. The highest BCUT2D eigenvalue weighted by atomic mass is 16.5. The summed E-state index contributed by atoms with van der Waals surface area (Å²) in [6.45, 7) is 2.03. The van der Waals surface area contributed by atoms with Crippen LogP contribution in [-0.4, -0.2) is 17.6 Å². The summed E-state index contributed by atoms with van der Waals surface area (Å²) in [6.07, 6.45) is -0.633. The molecule has 4 nitrogen and oxygen atoms in total. The number of nitrogens with one attached hydrogen (secondary N) is 1. The minimum Gasteiger partial charge on any atom is -0.389 e. The fraction of sp³-hybridized carbons (Fsp3) is 0.235. The molecule has 1 amide bonds. The summed E-state index contributed by atoms with van der Waals surface area (Å²) in [5.74, 6) is -0.237. The molecule has 0 aliphatic heterocycles. The van der Waals surface area contributed by atoms with Gasteiger partial charge in [-0.05, 0) is 18.6 Å². The number of ether oxygens (including phenoxy) is 1. The third kappa shape index (κ3) is 4.70. The van der Waals surface area contributed by atoms with Crippen LogP contribution in [-0.2, 0) is 16.1 Å². The number of para-hydroxylation sites is 1. The van der Waals surface area contributed by atoms with Gasteiger partial charge < -0.3 is 15.2 Å². The molecule has 2 N–H and O–H groups in total. The molecule has 0 fully saturated rings. The fourth-order valence-electron chi connectivity index (χ4n) is 2.00. The van der Waals surface area contributed by atoms with E-state index in [1.54, 1.807) is 19.1 Å². The van der Waals surface area contributed by atoms with Crippen LogP contribution in [0.2, 0.25) is 0 Å².